The highest BCUT2D eigenvalue weighted by Crippen LogP contribution is 2.14. The minimum absolute atomic E-state index is 0.172. The van der Waals surface area contributed by atoms with Crippen LogP contribution < -0.4 is 0 Å². The molecule has 2 heteroatoms. The van der Waals surface area contributed by atoms with E-state index in [4.69, 9.17) is 4.74 Å². The summed E-state index contributed by atoms with van der Waals surface area (Å²) >= 11 is 0. The van der Waals surface area contributed by atoms with Crippen LogP contribution >= 0.6 is 0 Å². The number of hydrogen-bond acceptors (Lipinski definition) is 2. The van der Waals surface area contributed by atoms with Gasteiger partial charge < -0.3 is 4.74 Å². The first kappa shape index (κ1) is 15.5. The molecule has 0 spiro atoms. The Morgan fingerprint density at radius 2 is 1.38 bits per heavy atom. The highest BCUT2D eigenvalue weighted by Gasteiger charge is 2.08. The molecule has 0 saturated heterocycles. The van der Waals surface area contributed by atoms with Crippen LogP contribution in [0.4, 0.5) is 0 Å². The molecule has 0 amide bonds. The highest BCUT2D eigenvalue weighted by molar-refractivity contribution is 5.37. The van der Waals surface area contributed by atoms with Gasteiger partial charge in [0.05, 0.1) is 0 Å². The molecule has 2 nitrogen and oxygen atoms in total. The zero-order chi connectivity index (χ0) is 12.1. The lowest BCUT2D eigenvalue weighted by atomic mass is 10.0. The van der Waals surface area contributed by atoms with E-state index < -0.39 is 0 Å². The standard InChI is InChI=1S/C14H28O2/c1-3-5-7-9-11-14(16-13-15)12-10-8-6-4-2/h13-14H,3-12H2,1-2H3. The Morgan fingerprint density at radius 1 is 0.875 bits per heavy atom. The molecule has 0 N–H and O–H groups in total. The molecule has 96 valence electrons. The van der Waals surface area contributed by atoms with E-state index in [-0.39, 0.29) is 6.10 Å². The number of carbonyl (C=O) groups is 1. The number of unbranched alkanes of at least 4 members (excludes halogenated alkanes) is 6. The molecule has 0 radical (unpaired) electrons. The molecule has 0 fully saturated rings. The third kappa shape index (κ3) is 10.0. The van der Waals surface area contributed by atoms with Crippen molar-refractivity contribution in [2.24, 2.45) is 0 Å². The molecule has 0 aliphatic rings. The van der Waals surface area contributed by atoms with E-state index in [1.54, 1.807) is 0 Å². The second kappa shape index (κ2) is 12.5. The van der Waals surface area contributed by atoms with E-state index in [1.807, 2.05) is 0 Å². The van der Waals surface area contributed by atoms with Crippen molar-refractivity contribution in [3.63, 3.8) is 0 Å². The summed E-state index contributed by atoms with van der Waals surface area (Å²) in [7, 11) is 0. The average molecular weight is 228 g/mol. The van der Waals surface area contributed by atoms with E-state index in [1.165, 1.54) is 51.4 Å². The van der Waals surface area contributed by atoms with Gasteiger partial charge in [0.1, 0.15) is 6.10 Å². The van der Waals surface area contributed by atoms with Crippen molar-refractivity contribution in [3.8, 4) is 0 Å². The topological polar surface area (TPSA) is 26.3 Å². The molecule has 0 aromatic heterocycles. The van der Waals surface area contributed by atoms with E-state index in [0.717, 1.165) is 12.8 Å². The molecule has 0 heterocycles. The molecular formula is C14H28O2. The largest absolute Gasteiger partial charge is 0.465 e. The lowest BCUT2D eigenvalue weighted by molar-refractivity contribution is -0.134. The molecule has 0 rings (SSSR count). The SMILES string of the molecule is CCCCCCC(CCCCCC)OC=O. The lowest BCUT2D eigenvalue weighted by Gasteiger charge is -2.14. The summed E-state index contributed by atoms with van der Waals surface area (Å²) in [6.45, 7) is 5.04. The number of rotatable bonds is 12. The van der Waals surface area contributed by atoms with Gasteiger partial charge in [-0.2, -0.15) is 0 Å². The molecule has 0 atom stereocenters. The highest BCUT2D eigenvalue weighted by atomic mass is 16.5. The van der Waals surface area contributed by atoms with Gasteiger partial charge in [-0.05, 0) is 25.7 Å². The summed E-state index contributed by atoms with van der Waals surface area (Å²) in [5.74, 6) is 0. The normalized spacial score (nSPS) is 10.7. The van der Waals surface area contributed by atoms with Crippen LogP contribution in [0.15, 0.2) is 0 Å². The van der Waals surface area contributed by atoms with Crippen LogP contribution in [0.25, 0.3) is 0 Å². The van der Waals surface area contributed by atoms with Crippen molar-refractivity contribution in [2.75, 3.05) is 0 Å². The minimum Gasteiger partial charge on any atom is -0.465 e. The third-order valence-corrected chi connectivity index (χ3v) is 3.01. The minimum atomic E-state index is 0.172. The maximum atomic E-state index is 10.4. The molecule has 0 aromatic rings. The van der Waals surface area contributed by atoms with Gasteiger partial charge in [-0.3, -0.25) is 4.79 Å². The number of ether oxygens (including phenoxy) is 1. The molecule has 0 bridgehead atoms. The molecule has 0 saturated carbocycles. The van der Waals surface area contributed by atoms with Gasteiger partial charge >= 0.3 is 0 Å². The van der Waals surface area contributed by atoms with Crippen LogP contribution in [0.1, 0.15) is 78.1 Å². The first-order valence-corrected chi connectivity index (χ1v) is 6.94. The van der Waals surface area contributed by atoms with E-state index >= 15 is 0 Å². The fourth-order valence-electron chi connectivity index (χ4n) is 1.96. The van der Waals surface area contributed by atoms with Crippen molar-refractivity contribution in [2.45, 2.75) is 84.2 Å². The Bertz CT molecular complexity index is 134. The van der Waals surface area contributed by atoms with Gasteiger partial charge in [-0.1, -0.05) is 52.4 Å². The predicted molar refractivity (Wildman–Crippen MR) is 68.5 cm³/mol. The van der Waals surface area contributed by atoms with Gasteiger partial charge in [-0.15, -0.1) is 0 Å². The molecule has 0 unspecified atom stereocenters. The fourth-order valence-corrected chi connectivity index (χ4v) is 1.96. The Morgan fingerprint density at radius 3 is 1.75 bits per heavy atom. The van der Waals surface area contributed by atoms with Gasteiger partial charge in [0, 0.05) is 0 Å². The fraction of sp³-hybridized carbons (Fsp3) is 0.929. The van der Waals surface area contributed by atoms with Crippen molar-refractivity contribution in [3.05, 3.63) is 0 Å². The van der Waals surface area contributed by atoms with Crippen LogP contribution in [0, 0.1) is 0 Å². The van der Waals surface area contributed by atoms with Crippen molar-refractivity contribution < 1.29 is 9.53 Å². The predicted octanol–water partition coefficient (Wildman–Crippen LogP) is 4.47. The van der Waals surface area contributed by atoms with Crippen LogP contribution in [-0.4, -0.2) is 12.6 Å². The first-order chi connectivity index (χ1) is 7.85. The summed E-state index contributed by atoms with van der Waals surface area (Å²) < 4.78 is 5.12. The van der Waals surface area contributed by atoms with E-state index in [0.29, 0.717) is 6.47 Å². The molecule has 16 heavy (non-hydrogen) atoms. The van der Waals surface area contributed by atoms with Gasteiger partial charge in [0.25, 0.3) is 6.47 Å². The van der Waals surface area contributed by atoms with Crippen molar-refractivity contribution >= 4 is 6.47 Å². The first-order valence-electron chi connectivity index (χ1n) is 6.94. The summed E-state index contributed by atoms with van der Waals surface area (Å²) in [6.07, 6.45) is 12.3. The number of carbonyl (C=O) groups excluding carboxylic acids is 1. The van der Waals surface area contributed by atoms with Crippen LogP contribution in [0.3, 0.4) is 0 Å². The molecule has 0 aliphatic carbocycles. The maximum absolute atomic E-state index is 10.4. The summed E-state index contributed by atoms with van der Waals surface area (Å²) in [5.41, 5.74) is 0. The summed E-state index contributed by atoms with van der Waals surface area (Å²) in [5, 5.41) is 0. The van der Waals surface area contributed by atoms with Gasteiger partial charge in [-0.25, -0.2) is 0 Å². The van der Waals surface area contributed by atoms with Gasteiger partial charge in [0.2, 0.25) is 0 Å². The van der Waals surface area contributed by atoms with Gasteiger partial charge in [0.15, 0.2) is 0 Å². The lowest BCUT2D eigenvalue weighted by Crippen LogP contribution is -2.12. The quantitative estimate of drug-likeness (QED) is 0.364. The van der Waals surface area contributed by atoms with Crippen molar-refractivity contribution in [1.29, 1.82) is 0 Å². The number of hydrogen-bond donors (Lipinski definition) is 0. The average Bonchev–Trinajstić information content (AvgIpc) is 2.30. The molecular weight excluding hydrogens is 200 g/mol. The zero-order valence-electron chi connectivity index (χ0n) is 11.0. The Labute approximate surface area is 101 Å². The third-order valence-electron chi connectivity index (χ3n) is 3.01. The second-order valence-electron chi connectivity index (χ2n) is 4.55. The van der Waals surface area contributed by atoms with E-state index in [2.05, 4.69) is 13.8 Å². The second-order valence-corrected chi connectivity index (χ2v) is 4.55. The molecule has 0 aromatic carbocycles. The van der Waals surface area contributed by atoms with Crippen LogP contribution in [0.2, 0.25) is 0 Å². The summed E-state index contributed by atoms with van der Waals surface area (Å²) in [6, 6.07) is 0. The van der Waals surface area contributed by atoms with Crippen molar-refractivity contribution in [1.82, 2.24) is 0 Å². The van der Waals surface area contributed by atoms with E-state index in [9.17, 15) is 4.79 Å². The monoisotopic (exact) mass is 228 g/mol. The molecule has 0 aliphatic heterocycles. The Balaban J connectivity index is 3.49. The maximum Gasteiger partial charge on any atom is 0.293 e. The van der Waals surface area contributed by atoms with Crippen LogP contribution in [-0.2, 0) is 9.53 Å². The Hall–Kier alpha value is -0.530. The van der Waals surface area contributed by atoms with Crippen LogP contribution in [0.5, 0.6) is 0 Å². The zero-order valence-corrected chi connectivity index (χ0v) is 11.0. The smallest absolute Gasteiger partial charge is 0.293 e. The summed E-state index contributed by atoms with van der Waals surface area (Å²) in [4.78, 5) is 10.4. The Kier molecular flexibility index (Phi) is 12.1.